The second kappa shape index (κ2) is 35.1. The minimum Gasteiger partial charge on any atom is -0.395 e. The molecule has 4 fully saturated rings. The summed E-state index contributed by atoms with van der Waals surface area (Å²) in [5, 5.41) is 30.5. The van der Waals surface area contributed by atoms with Crippen LogP contribution in [0.4, 0.5) is 22.7 Å². The molecule has 0 unspecified atom stereocenters. The Bertz CT molecular complexity index is 6980. The molecule has 0 aromatic carbocycles. The second-order valence-corrected chi connectivity index (χ2v) is 33.4. The van der Waals surface area contributed by atoms with Gasteiger partial charge in [0.15, 0.2) is 0 Å². The lowest BCUT2D eigenvalue weighted by Gasteiger charge is -2.40. The molecule has 20 rings (SSSR count). The maximum absolute atomic E-state index is 13.1. The molecular weight excluding hydrogens is 1560 g/mol. The number of nitrogens with zero attached hydrogens (tertiary/aromatic N) is 23. The number of anilines is 4. The normalized spacial score (nSPS) is 16.8. The zero-order valence-electron chi connectivity index (χ0n) is 72.5. The zero-order valence-corrected chi connectivity index (χ0v) is 72.5. The quantitative estimate of drug-likeness (QED) is 0.0836. The third-order valence-corrected chi connectivity index (χ3v) is 24.0. The van der Waals surface area contributed by atoms with Crippen molar-refractivity contribution < 1.29 is 10.2 Å². The van der Waals surface area contributed by atoms with Crippen molar-refractivity contribution >= 4 is 67.8 Å². The van der Waals surface area contributed by atoms with Crippen LogP contribution in [0, 0.1) is 41.5 Å². The largest absolute Gasteiger partial charge is 0.395 e. The summed E-state index contributed by atoms with van der Waals surface area (Å²) in [6, 6.07) is 29.5. The van der Waals surface area contributed by atoms with Crippen molar-refractivity contribution in [3.05, 3.63) is 251 Å². The minimum absolute atomic E-state index is 0.0613. The van der Waals surface area contributed by atoms with E-state index in [4.69, 9.17) is 19.9 Å². The molecule has 3 atom stereocenters. The SMILES string of the molecule is CCc1cc(-c2cc(=O)n3cc(N4CCCN(C)CC4)ccc3n2)cn2cc(C)nc12.CCc1cc(-c2cc(=O)n3cc(N4C[C@@H](C)N[C@@H](C)C4)ccc3n2)cn2cc(C)nc12.Cc1cn2cc(-c3cc(=O)n4cc(N5CCNCC5)ccc4n3)cc(CO)c2n1.Cc1cn2nc(-c3cc(=O)n4cc(N5CCN(CCO)[C@H](C)C5)cc(C)c4n3)cc2c(C)n1. The number of aromatic nitrogens is 17. The van der Waals surface area contributed by atoms with Crippen LogP contribution in [0.1, 0.15) is 91.8 Å². The molecule has 16 aromatic rings. The fourth-order valence-electron chi connectivity index (χ4n) is 17.7. The first-order valence-corrected chi connectivity index (χ1v) is 42.9. The molecule has 0 radical (unpaired) electrons. The Labute approximate surface area is 716 Å². The van der Waals surface area contributed by atoms with Crippen molar-refractivity contribution in [2.75, 3.05) is 125 Å². The van der Waals surface area contributed by atoms with Crippen LogP contribution in [-0.2, 0) is 19.4 Å². The topological polar surface area (TPSA) is 304 Å². The Morgan fingerprint density at radius 2 is 0.879 bits per heavy atom. The number of hydrogen-bond donors (Lipinski definition) is 4. The fraction of sp³-hybridized carbons (Fsp3) is 0.366. The van der Waals surface area contributed by atoms with Crippen molar-refractivity contribution in [3.63, 3.8) is 0 Å². The number of imidazole rings is 3. The van der Waals surface area contributed by atoms with Gasteiger partial charge in [0.05, 0.1) is 98.9 Å². The van der Waals surface area contributed by atoms with Gasteiger partial charge in [0.2, 0.25) is 0 Å². The van der Waals surface area contributed by atoms with Gasteiger partial charge in [-0.3, -0.25) is 46.7 Å². The summed E-state index contributed by atoms with van der Waals surface area (Å²) in [7, 11) is 2.16. The fourth-order valence-corrected chi connectivity index (χ4v) is 17.7. The van der Waals surface area contributed by atoms with Crippen LogP contribution in [-0.4, -0.2) is 224 Å². The van der Waals surface area contributed by atoms with Gasteiger partial charge >= 0.3 is 0 Å². The monoisotopic (exact) mass is 1670 g/mol. The molecule has 4 aliphatic rings. The van der Waals surface area contributed by atoms with Crippen molar-refractivity contribution in [1.29, 1.82) is 0 Å². The van der Waals surface area contributed by atoms with E-state index >= 15 is 0 Å². The number of fused-ring (bicyclic) bond motifs is 8. The van der Waals surface area contributed by atoms with Crippen LogP contribution in [0.2, 0.25) is 0 Å². The minimum atomic E-state index is -0.131. The van der Waals surface area contributed by atoms with E-state index in [0.717, 1.165) is 206 Å². The predicted molar refractivity (Wildman–Crippen MR) is 488 cm³/mol. The van der Waals surface area contributed by atoms with Crippen LogP contribution in [0.3, 0.4) is 0 Å². The van der Waals surface area contributed by atoms with E-state index in [1.807, 2.05) is 159 Å². The van der Waals surface area contributed by atoms with Crippen LogP contribution in [0.5, 0.6) is 0 Å². The maximum atomic E-state index is 13.1. The Kier molecular flexibility index (Phi) is 23.6. The second-order valence-electron chi connectivity index (χ2n) is 33.4. The summed E-state index contributed by atoms with van der Waals surface area (Å²) in [5.41, 5.74) is 24.2. The average molecular weight is 1670 g/mol. The lowest BCUT2D eigenvalue weighted by molar-refractivity contribution is 0.146. The van der Waals surface area contributed by atoms with Gasteiger partial charge in [-0.15, -0.1) is 0 Å². The van der Waals surface area contributed by atoms with Gasteiger partial charge in [-0.05, 0) is 179 Å². The number of β-amino-alcohol motifs (C(OH)–C–C–N with tert-alkyl or cyclic N) is 1. The molecule has 31 heteroatoms. The Balaban J connectivity index is 0.000000117. The Morgan fingerprint density at radius 3 is 1.39 bits per heavy atom. The third-order valence-electron chi connectivity index (χ3n) is 24.0. The molecule has 31 nitrogen and oxygen atoms in total. The average Bonchev–Trinajstić information content (AvgIpc) is 1.33. The van der Waals surface area contributed by atoms with E-state index in [-0.39, 0.29) is 35.5 Å². The number of hydrogen-bond acceptors (Lipinski definition) is 23. The number of rotatable bonds is 13. The standard InChI is InChI=1S/C24H29N7O2.2C24H28N6O.C21H22N6O2/c1-15-9-19(29-6-5-28(7-8-32)17(3)13-29)14-30-23(33)11-20(26-24(15)30)21-10-22-18(4)25-16(2)12-31(22)27-21;1-5-18-8-19(13-29-12-17(4)26-24(18)29)21-9-23(31)30-14-20(6-7-22(30)27-21)28-10-15(2)25-16(3)11-28;1-4-18-12-19(15-29-14-17(2)25-24(18)29)21-13-23(31)30-16-20(6-7-22(30)26-21)28-9-5-8-27(3)10-11-28;1-14-10-26-11-15(8-16(13-28)21(26)23-14)18-9-20(29)27-12-17(2-3-19(27)24-18)25-6-4-22-5-7-25/h9-12,14,17,32H,5-8,13H2,1-4H3;6-9,12-16,25H,5,10-11H2,1-4H3;6-7,12-16H,4-5,8-11H2,1-3H3;2-3,8-12,22,28H,4-7,13H2,1H3/t17-;15-,16+;;/m1.../s1. The van der Waals surface area contributed by atoms with E-state index in [2.05, 4.69) is 137 Å². The number of pyridine rings is 7. The van der Waals surface area contributed by atoms with Crippen LogP contribution < -0.4 is 52.5 Å². The molecule has 20 heterocycles. The lowest BCUT2D eigenvalue weighted by atomic mass is 10.1. The number of aliphatic hydroxyl groups excluding tert-OH is 2. The number of likely N-dealkylation sites (N-methyl/N-ethyl adjacent to an activating group) is 1. The highest BCUT2D eigenvalue weighted by atomic mass is 16.3. The summed E-state index contributed by atoms with van der Waals surface area (Å²) in [4.78, 5) is 103. The van der Waals surface area contributed by atoms with Gasteiger partial charge < -0.3 is 58.5 Å². The molecule has 124 heavy (non-hydrogen) atoms. The van der Waals surface area contributed by atoms with Gasteiger partial charge in [0, 0.05) is 212 Å². The highest BCUT2D eigenvalue weighted by molar-refractivity contribution is 5.72. The molecule has 4 aliphatic heterocycles. The first-order valence-electron chi connectivity index (χ1n) is 42.9. The molecule has 640 valence electrons. The van der Waals surface area contributed by atoms with Crippen LogP contribution in [0.25, 0.3) is 90.2 Å². The number of aliphatic hydroxyl groups is 2. The number of piperazine rings is 3. The molecule has 4 N–H and O–H groups in total. The lowest BCUT2D eigenvalue weighted by Crippen LogP contribution is -2.54. The molecule has 0 saturated carbocycles. The van der Waals surface area contributed by atoms with E-state index in [1.54, 1.807) is 46.4 Å². The Morgan fingerprint density at radius 1 is 0.411 bits per heavy atom. The summed E-state index contributed by atoms with van der Waals surface area (Å²) >= 11 is 0. The van der Waals surface area contributed by atoms with E-state index in [1.165, 1.54) is 0 Å². The smallest absolute Gasteiger partial charge is 0.258 e. The highest BCUT2D eigenvalue weighted by Crippen LogP contribution is 2.31. The van der Waals surface area contributed by atoms with Crippen LogP contribution in [0.15, 0.2) is 178 Å². The van der Waals surface area contributed by atoms with Gasteiger partial charge in [0.25, 0.3) is 22.2 Å². The van der Waals surface area contributed by atoms with E-state index < -0.39 is 0 Å². The first kappa shape index (κ1) is 83.4. The molecular formula is C93H107N25O6. The van der Waals surface area contributed by atoms with Gasteiger partial charge in [-0.25, -0.2) is 39.4 Å². The summed E-state index contributed by atoms with van der Waals surface area (Å²) in [5.74, 6) is 0. The highest BCUT2D eigenvalue weighted by Gasteiger charge is 2.27. The molecule has 16 aromatic heterocycles. The zero-order chi connectivity index (χ0) is 86.5. The molecule has 0 aliphatic carbocycles. The molecule has 0 spiro atoms. The van der Waals surface area contributed by atoms with Crippen molar-refractivity contribution in [2.24, 2.45) is 0 Å². The van der Waals surface area contributed by atoms with Crippen molar-refractivity contribution in [1.82, 2.24) is 101 Å². The van der Waals surface area contributed by atoms with Crippen LogP contribution >= 0.6 is 0 Å². The predicted octanol–water partition coefficient (Wildman–Crippen LogP) is 9.14. The summed E-state index contributed by atoms with van der Waals surface area (Å²) in [6.45, 7) is 35.5. The van der Waals surface area contributed by atoms with Gasteiger partial charge in [0.1, 0.15) is 45.2 Å². The van der Waals surface area contributed by atoms with E-state index in [9.17, 15) is 29.4 Å². The third kappa shape index (κ3) is 17.3. The van der Waals surface area contributed by atoms with Crippen molar-refractivity contribution in [3.8, 4) is 45.2 Å². The number of aryl methyl sites for hydroxylation is 8. The maximum Gasteiger partial charge on any atom is 0.258 e. The molecule has 4 saturated heterocycles. The van der Waals surface area contributed by atoms with Gasteiger partial charge in [-0.2, -0.15) is 5.10 Å². The molecule has 0 bridgehead atoms. The molecule has 0 amide bonds. The Hall–Kier alpha value is -12.9. The summed E-state index contributed by atoms with van der Waals surface area (Å²) in [6.07, 6.45) is 24.1. The van der Waals surface area contributed by atoms with Crippen molar-refractivity contribution in [2.45, 2.75) is 120 Å². The van der Waals surface area contributed by atoms with Gasteiger partial charge in [-0.1, -0.05) is 13.8 Å². The summed E-state index contributed by atoms with van der Waals surface area (Å²) < 4.78 is 14.3. The van der Waals surface area contributed by atoms with E-state index in [0.29, 0.717) is 86.9 Å². The number of nitrogens with one attached hydrogen (secondary N) is 2. The first-order chi connectivity index (χ1) is 59.9.